The monoisotopic (exact) mass is 484 g/mol. The lowest BCUT2D eigenvalue weighted by Crippen LogP contribution is -2.42. The Morgan fingerprint density at radius 1 is 1.24 bits per heavy atom. The van der Waals surface area contributed by atoms with Gasteiger partial charge in [-0.15, -0.1) is 0 Å². The van der Waals surface area contributed by atoms with Crippen LogP contribution in [0.3, 0.4) is 0 Å². The molecule has 9 heteroatoms. The Hall–Kier alpha value is -2.42. The Kier molecular flexibility index (Phi) is 6.90. The van der Waals surface area contributed by atoms with Crippen LogP contribution in [0.4, 0.5) is 17.5 Å². The number of nitrogens with two attached hydrogens (primary N) is 1. The normalized spacial score (nSPS) is 26.2. The number of hydrogen-bond donors (Lipinski definition) is 3. The van der Waals surface area contributed by atoms with Crippen LogP contribution in [0.15, 0.2) is 24.4 Å². The fourth-order valence-electron chi connectivity index (χ4n) is 6.02. The predicted molar refractivity (Wildman–Crippen MR) is 133 cm³/mol. The second-order valence-electron chi connectivity index (χ2n) is 9.76. The minimum absolute atomic E-state index is 0.0231. The summed E-state index contributed by atoms with van der Waals surface area (Å²) in [6, 6.07) is 6.44. The zero-order valence-corrected chi connectivity index (χ0v) is 20.4. The van der Waals surface area contributed by atoms with Gasteiger partial charge in [0.25, 0.3) is 0 Å². The molecule has 34 heavy (non-hydrogen) atoms. The van der Waals surface area contributed by atoms with Crippen molar-refractivity contribution in [1.82, 2.24) is 14.9 Å². The summed E-state index contributed by atoms with van der Waals surface area (Å²) >= 11 is 6.42. The number of nitrogens with one attached hydrogen (secondary N) is 2. The first-order valence-electron chi connectivity index (χ1n) is 12.2. The van der Waals surface area contributed by atoms with Gasteiger partial charge in [0.1, 0.15) is 5.02 Å². The molecule has 2 aliphatic carbocycles. The van der Waals surface area contributed by atoms with E-state index in [1.165, 1.54) is 11.1 Å². The second-order valence-corrected chi connectivity index (χ2v) is 10.2. The lowest BCUT2D eigenvalue weighted by molar-refractivity contribution is -0.123. The summed E-state index contributed by atoms with van der Waals surface area (Å²) in [4.78, 5) is 23.6. The molecule has 1 aliphatic heterocycles. The number of nitrogens with zero attached hydrogens (tertiary/aromatic N) is 3. The molecule has 4 atom stereocenters. The molecule has 5 rings (SSSR count). The minimum atomic E-state index is -0.237. The number of benzene rings is 1. The molecule has 3 aliphatic rings. The van der Waals surface area contributed by atoms with E-state index in [0.29, 0.717) is 28.6 Å². The summed E-state index contributed by atoms with van der Waals surface area (Å²) in [6.45, 7) is 3.79. The van der Waals surface area contributed by atoms with Gasteiger partial charge in [-0.3, -0.25) is 4.79 Å². The number of fused-ring (bicyclic) bond motifs is 3. The van der Waals surface area contributed by atoms with Gasteiger partial charge in [0.05, 0.1) is 18.7 Å². The van der Waals surface area contributed by atoms with Crippen molar-refractivity contribution in [2.75, 3.05) is 44.0 Å². The van der Waals surface area contributed by atoms with Crippen molar-refractivity contribution in [1.29, 1.82) is 0 Å². The van der Waals surface area contributed by atoms with Crippen LogP contribution in [0, 0.1) is 17.8 Å². The number of rotatable bonds is 8. The summed E-state index contributed by atoms with van der Waals surface area (Å²) in [5.74, 6) is 1.40. The second kappa shape index (κ2) is 10.1. The SMILES string of the molecule is COCCN1CCc2ccc(Nc3ncc(Cl)c(N[C@H]4C5CCC(C5)[C@H]4C(N)=O)n3)cc2CC1. The molecule has 0 radical (unpaired) electrons. The molecule has 2 aromatic rings. The molecule has 2 bridgehead atoms. The standard InChI is InChI=1S/C25H33ClN6O2/c1-34-11-10-32-8-6-15-4-5-19(13-16(15)7-9-32)29-25-28-14-20(26)24(31-25)30-22-18-3-2-17(12-18)21(22)23(27)33/h4-5,13-14,17-18,21-22H,2-3,6-12H2,1H3,(H2,27,33)(H2,28,29,30,31)/t17?,18?,21-,22+/m1/s1. The first-order valence-corrected chi connectivity index (χ1v) is 12.6. The molecule has 0 saturated heterocycles. The summed E-state index contributed by atoms with van der Waals surface area (Å²) in [7, 11) is 1.75. The number of carbonyl (C=O) groups is 1. The van der Waals surface area contributed by atoms with E-state index in [4.69, 9.17) is 22.1 Å². The van der Waals surface area contributed by atoms with Crippen LogP contribution < -0.4 is 16.4 Å². The van der Waals surface area contributed by atoms with Gasteiger partial charge in [0.15, 0.2) is 5.82 Å². The van der Waals surface area contributed by atoms with Gasteiger partial charge in [-0.05, 0) is 67.2 Å². The largest absolute Gasteiger partial charge is 0.383 e. The van der Waals surface area contributed by atoms with Crippen LogP contribution in [0.1, 0.15) is 30.4 Å². The van der Waals surface area contributed by atoms with E-state index in [-0.39, 0.29) is 17.9 Å². The number of methoxy groups -OCH3 is 1. The quantitative estimate of drug-likeness (QED) is 0.528. The van der Waals surface area contributed by atoms with Gasteiger partial charge in [0.2, 0.25) is 11.9 Å². The predicted octanol–water partition coefficient (Wildman–Crippen LogP) is 3.23. The van der Waals surface area contributed by atoms with Crippen molar-refractivity contribution >= 4 is 35.0 Å². The number of halogens is 1. The molecule has 2 heterocycles. The van der Waals surface area contributed by atoms with Crippen molar-refractivity contribution in [3.63, 3.8) is 0 Å². The molecule has 1 aromatic carbocycles. The van der Waals surface area contributed by atoms with Crippen LogP contribution in [-0.4, -0.2) is 60.2 Å². The number of amides is 1. The van der Waals surface area contributed by atoms with E-state index in [0.717, 1.165) is 64.0 Å². The Labute approximate surface area is 205 Å². The molecule has 4 N–H and O–H groups in total. The third-order valence-corrected chi connectivity index (χ3v) is 8.04. The van der Waals surface area contributed by atoms with E-state index in [9.17, 15) is 4.79 Å². The summed E-state index contributed by atoms with van der Waals surface area (Å²) in [5.41, 5.74) is 9.42. The fourth-order valence-corrected chi connectivity index (χ4v) is 6.16. The molecule has 0 spiro atoms. The van der Waals surface area contributed by atoms with E-state index >= 15 is 0 Å². The van der Waals surface area contributed by atoms with Crippen molar-refractivity contribution in [2.45, 2.75) is 38.1 Å². The van der Waals surface area contributed by atoms with E-state index in [1.807, 2.05) is 0 Å². The molecule has 2 unspecified atom stereocenters. The molecule has 2 fully saturated rings. The van der Waals surface area contributed by atoms with Crippen LogP contribution in [0.2, 0.25) is 5.02 Å². The zero-order valence-electron chi connectivity index (χ0n) is 19.6. The van der Waals surface area contributed by atoms with Gasteiger partial charge in [-0.1, -0.05) is 17.7 Å². The number of carbonyl (C=O) groups excluding carboxylic acids is 1. The summed E-state index contributed by atoms with van der Waals surface area (Å²) in [5, 5.41) is 7.21. The molecule has 1 amide bonds. The molecular formula is C25H33ClN6O2. The Bertz CT molecular complexity index is 1050. The summed E-state index contributed by atoms with van der Waals surface area (Å²) < 4.78 is 5.24. The zero-order chi connectivity index (χ0) is 23.7. The average Bonchev–Trinajstić information content (AvgIpc) is 3.37. The first kappa shape index (κ1) is 23.3. The smallest absolute Gasteiger partial charge is 0.229 e. The molecule has 2 saturated carbocycles. The van der Waals surface area contributed by atoms with Gasteiger partial charge >= 0.3 is 0 Å². The minimum Gasteiger partial charge on any atom is -0.383 e. The molecule has 182 valence electrons. The molecular weight excluding hydrogens is 452 g/mol. The Balaban J connectivity index is 1.29. The number of anilines is 3. The fraction of sp³-hybridized carbons (Fsp3) is 0.560. The maximum Gasteiger partial charge on any atom is 0.229 e. The maximum absolute atomic E-state index is 12.1. The highest BCUT2D eigenvalue weighted by atomic mass is 35.5. The van der Waals surface area contributed by atoms with Crippen LogP contribution in [0.25, 0.3) is 0 Å². The third-order valence-electron chi connectivity index (χ3n) is 7.76. The number of aromatic nitrogens is 2. The van der Waals surface area contributed by atoms with Crippen LogP contribution in [-0.2, 0) is 22.4 Å². The number of hydrogen-bond acceptors (Lipinski definition) is 7. The first-order chi connectivity index (χ1) is 16.5. The summed E-state index contributed by atoms with van der Waals surface area (Å²) in [6.07, 6.45) is 6.86. The highest BCUT2D eigenvalue weighted by Gasteiger charge is 2.50. The lowest BCUT2D eigenvalue weighted by Gasteiger charge is -2.30. The van der Waals surface area contributed by atoms with Crippen molar-refractivity contribution < 1.29 is 9.53 Å². The van der Waals surface area contributed by atoms with Gasteiger partial charge in [-0.25, -0.2) is 4.98 Å². The van der Waals surface area contributed by atoms with Crippen molar-refractivity contribution in [3.05, 3.63) is 40.5 Å². The average molecular weight is 485 g/mol. The number of ether oxygens (including phenoxy) is 1. The van der Waals surface area contributed by atoms with E-state index in [2.05, 4.69) is 43.7 Å². The van der Waals surface area contributed by atoms with Crippen LogP contribution in [0.5, 0.6) is 0 Å². The van der Waals surface area contributed by atoms with E-state index in [1.54, 1.807) is 13.3 Å². The van der Waals surface area contributed by atoms with Gasteiger partial charge in [0, 0.05) is 38.5 Å². The van der Waals surface area contributed by atoms with Crippen molar-refractivity contribution in [2.24, 2.45) is 23.5 Å². The topological polar surface area (TPSA) is 105 Å². The number of primary amides is 1. The van der Waals surface area contributed by atoms with E-state index < -0.39 is 0 Å². The highest BCUT2D eigenvalue weighted by Crippen LogP contribution is 2.49. The van der Waals surface area contributed by atoms with Crippen LogP contribution >= 0.6 is 11.6 Å². The highest BCUT2D eigenvalue weighted by molar-refractivity contribution is 6.32. The molecule has 1 aromatic heterocycles. The van der Waals surface area contributed by atoms with Crippen molar-refractivity contribution in [3.8, 4) is 0 Å². The Morgan fingerprint density at radius 3 is 2.82 bits per heavy atom. The lowest BCUT2D eigenvalue weighted by atomic mass is 9.84. The third kappa shape index (κ3) is 4.85. The molecule has 8 nitrogen and oxygen atoms in total. The van der Waals surface area contributed by atoms with Gasteiger partial charge in [-0.2, -0.15) is 4.98 Å². The van der Waals surface area contributed by atoms with Gasteiger partial charge < -0.3 is 26.0 Å². The maximum atomic E-state index is 12.1. The Morgan fingerprint density at radius 2 is 2.03 bits per heavy atom.